The second kappa shape index (κ2) is 6.18. The second-order valence-electron chi connectivity index (χ2n) is 3.31. The molecular weight excluding hydrogens is 152 g/mol. The summed E-state index contributed by atoms with van der Waals surface area (Å²) in [7, 11) is 0. The summed E-state index contributed by atoms with van der Waals surface area (Å²) in [6.45, 7) is 8.29. The zero-order chi connectivity index (χ0) is 9.56. The molecule has 0 fully saturated rings. The highest BCUT2D eigenvalue weighted by Crippen LogP contribution is 2.04. The van der Waals surface area contributed by atoms with E-state index in [2.05, 4.69) is 6.92 Å². The molecule has 2 nitrogen and oxygen atoms in total. The zero-order valence-electron chi connectivity index (χ0n) is 8.59. The summed E-state index contributed by atoms with van der Waals surface area (Å²) < 4.78 is 5.33. The van der Waals surface area contributed by atoms with Gasteiger partial charge in [0.1, 0.15) is 6.61 Å². The van der Waals surface area contributed by atoms with Crippen molar-refractivity contribution in [1.82, 2.24) is 0 Å². The van der Waals surface area contributed by atoms with E-state index in [1.165, 1.54) is 0 Å². The lowest BCUT2D eigenvalue weighted by Gasteiger charge is -2.12. The molecule has 72 valence electrons. The maximum Gasteiger partial charge on any atom is 0.161 e. The Balaban J connectivity index is 3.56. The molecule has 0 heterocycles. The first kappa shape index (κ1) is 11.6. The van der Waals surface area contributed by atoms with Crippen molar-refractivity contribution in [2.75, 3.05) is 6.61 Å². The number of hydrogen-bond acceptors (Lipinski definition) is 2. The molecule has 0 aromatic carbocycles. The SMILES string of the molecule is CCC(C)OCC(=O)C(C)CC. The summed E-state index contributed by atoms with van der Waals surface area (Å²) in [6, 6.07) is 0. The molecule has 0 saturated carbocycles. The van der Waals surface area contributed by atoms with Crippen molar-refractivity contribution in [3.63, 3.8) is 0 Å². The van der Waals surface area contributed by atoms with E-state index in [4.69, 9.17) is 4.74 Å². The summed E-state index contributed by atoms with van der Waals surface area (Å²) >= 11 is 0. The molecule has 0 saturated heterocycles. The first-order chi connectivity index (χ1) is 5.61. The van der Waals surface area contributed by atoms with E-state index in [1.807, 2.05) is 20.8 Å². The number of carbonyl (C=O) groups is 1. The largest absolute Gasteiger partial charge is 0.371 e. The van der Waals surface area contributed by atoms with Gasteiger partial charge in [0, 0.05) is 5.92 Å². The molecule has 0 aliphatic heterocycles. The van der Waals surface area contributed by atoms with Crippen LogP contribution in [0, 0.1) is 5.92 Å². The Kier molecular flexibility index (Phi) is 5.99. The molecule has 2 atom stereocenters. The van der Waals surface area contributed by atoms with Crippen LogP contribution in [0.2, 0.25) is 0 Å². The molecule has 0 rings (SSSR count). The van der Waals surface area contributed by atoms with Crippen molar-refractivity contribution in [3.8, 4) is 0 Å². The number of Topliss-reactive ketones (excluding diaryl/α,β-unsaturated/α-hetero) is 1. The average molecular weight is 172 g/mol. The van der Waals surface area contributed by atoms with Crippen molar-refractivity contribution in [2.24, 2.45) is 5.92 Å². The van der Waals surface area contributed by atoms with Crippen LogP contribution in [-0.4, -0.2) is 18.5 Å². The van der Waals surface area contributed by atoms with Crippen LogP contribution >= 0.6 is 0 Å². The number of carbonyl (C=O) groups excluding carboxylic acids is 1. The molecule has 2 heteroatoms. The molecule has 0 amide bonds. The Bertz CT molecular complexity index is 132. The topological polar surface area (TPSA) is 26.3 Å². The third-order valence-corrected chi connectivity index (χ3v) is 2.25. The van der Waals surface area contributed by atoms with Crippen molar-refractivity contribution in [3.05, 3.63) is 0 Å². The van der Waals surface area contributed by atoms with Gasteiger partial charge in [-0.2, -0.15) is 0 Å². The van der Waals surface area contributed by atoms with Gasteiger partial charge in [0.05, 0.1) is 6.10 Å². The van der Waals surface area contributed by atoms with E-state index in [9.17, 15) is 4.79 Å². The molecule has 0 aromatic rings. The standard InChI is InChI=1S/C10H20O2/c1-5-8(3)10(11)7-12-9(4)6-2/h8-9H,5-7H2,1-4H3. The van der Waals surface area contributed by atoms with E-state index in [0.717, 1.165) is 12.8 Å². The molecule has 0 aliphatic carbocycles. The molecule has 0 radical (unpaired) electrons. The third-order valence-electron chi connectivity index (χ3n) is 2.25. The highest BCUT2D eigenvalue weighted by molar-refractivity contribution is 5.81. The highest BCUT2D eigenvalue weighted by Gasteiger charge is 2.11. The van der Waals surface area contributed by atoms with Crippen LogP contribution in [0.3, 0.4) is 0 Å². The van der Waals surface area contributed by atoms with Crippen molar-refractivity contribution >= 4 is 5.78 Å². The Labute approximate surface area is 75.3 Å². The molecule has 0 aromatic heterocycles. The quantitative estimate of drug-likeness (QED) is 0.615. The van der Waals surface area contributed by atoms with Gasteiger partial charge in [-0.25, -0.2) is 0 Å². The third kappa shape index (κ3) is 4.50. The lowest BCUT2D eigenvalue weighted by Crippen LogP contribution is -2.20. The number of ether oxygens (including phenoxy) is 1. The molecule has 12 heavy (non-hydrogen) atoms. The lowest BCUT2D eigenvalue weighted by molar-refractivity contribution is -0.128. The van der Waals surface area contributed by atoms with E-state index in [0.29, 0.717) is 0 Å². The average Bonchev–Trinajstić information content (AvgIpc) is 2.11. The van der Waals surface area contributed by atoms with Gasteiger partial charge in [-0.15, -0.1) is 0 Å². The monoisotopic (exact) mass is 172 g/mol. The van der Waals surface area contributed by atoms with Gasteiger partial charge < -0.3 is 4.74 Å². The Morgan fingerprint density at radius 3 is 2.25 bits per heavy atom. The summed E-state index contributed by atoms with van der Waals surface area (Å²) in [5.41, 5.74) is 0. The van der Waals surface area contributed by atoms with Crippen molar-refractivity contribution in [2.45, 2.75) is 46.6 Å². The maximum atomic E-state index is 11.3. The van der Waals surface area contributed by atoms with Gasteiger partial charge in [-0.1, -0.05) is 20.8 Å². The molecular formula is C10H20O2. The van der Waals surface area contributed by atoms with Gasteiger partial charge >= 0.3 is 0 Å². The minimum atomic E-state index is 0.147. The summed E-state index contributed by atoms with van der Waals surface area (Å²) in [5.74, 6) is 0.367. The molecule has 0 aliphatic rings. The predicted molar refractivity (Wildman–Crippen MR) is 50.2 cm³/mol. The van der Waals surface area contributed by atoms with Crippen LogP contribution < -0.4 is 0 Å². The van der Waals surface area contributed by atoms with Crippen molar-refractivity contribution < 1.29 is 9.53 Å². The lowest BCUT2D eigenvalue weighted by atomic mass is 10.0. The Hall–Kier alpha value is -0.370. The van der Waals surface area contributed by atoms with Gasteiger partial charge in [0.2, 0.25) is 0 Å². The summed E-state index contributed by atoms with van der Waals surface area (Å²) in [5, 5.41) is 0. The molecule has 2 unspecified atom stereocenters. The fourth-order valence-electron chi connectivity index (χ4n) is 0.712. The van der Waals surface area contributed by atoms with Gasteiger partial charge in [-0.3, -0.25) is 4.79 Å². The van der Waals surface area contributed by atoms with Crippen LogP contribution in [0.15, 0.2) is 0 Å². The number of rotatable bonds is 6. The smallest absolute Gasteiger partial charge is 0.161 e. The Morgan fingerprint density at radius 1 is 1.25 bits per heavy atom. The first-order valence-corrected chi connectivity index (χ1v) is 4.76. The van der Waals surface area contributed by atoms with Crippen LogP contribution in [-0.2, 0) is 9.53 Å². The first-order valence-electron chi connectivity index (χ1n) is 4.76. The number of ketones is 1. The number of hydrogen-bond donors (Lipinski definition) is 0. The summed E-state index contributed by atoms with van der Waals surface area (Å²) in [4.78, 5) is 11.3. The summed E-state index contributed by atoms with van der Waals surface area (Å²) in [6.07, 6.45) is 2.08. The Morgan fingerprint density at radius 2 is 1.83 bits per heavy atom. The molecule has 0 spiro atoms. The predicted octanol–water partition coefficient (Wildman–Crippen LogP) is 2.42. The highest BCUT2D eigenvalue weighted by atomic mass is 16.5. The zero-order valence-corrected chi connectivity index (χ0v) is 8.59. The second-order valence-corrected chi connectivity index (χ2v) is 3.31. The molecule has 0 N–H and O–H groups in total. The van der Waals surface area contributed by atoms with Crippen LogP contribution in [0.25, 0.3) is 0 Å². The normalized spacial score (nSPS) is 15.7. The minimum absolute atomic E-state index is 0.147. The fraction of sp³-hybridized carbons (Fsp3) is 0.900. The van der Waals surface area contributed by atoms with Gasteiger partial charge in [-0.05, 0) is 19.8 Å². The van der Waals surface area contributed by atoms with Crippen LogP contribution in [0.4, 0.5) is 0 Å². The minimum Gasteiger partial charge on any atom is -0.371 e. The van der Waals surface area contributed by atoms with Crippen LogP contribution in [0.5, 0.6) is 0 Å². The van der Waals surface area contributed by atoms with E-state index >= 15 is 0 Å². The van der Waals surface area contributed by atoms with Gasteiger partial charge in [0.15, 0.2) is 5.78 Å². The van der Waals surface area contributed by atoms with E-state index in [-0.39, 0.29) is 24.4 Å². The van der Waals surface area contributed by atoms with Crippen LogP contribution in [0.1, 0.15) is 40.5 Å². The van der Waals surface area contributed by atoms with Gasteiger partial charge in [0.25, 0.3) is 0 Å². The van der Waals surface area contributed by atoms with E-state index < -0.39 is 0 Å². The maximum absolute atomic E-state index is 11.3. The van der Waals surface area contributed by atoms with E-state index in [1.54, 1.807) is 0 Å². The van der Waals surface area contributed by atoms with Crippen molar-refractivity contribution in [1.29, 1.82) is 0 Å². The fourth-order valence-corrected chi connectivity index (χ4v) is 0.712. The molecule has 0 bridgehead atoms.